The van der Waals surface area contributed by atoms with Gasteiger partial charge in [0.25, 0.3) is 0 Å². The second-order valence-electron chi connectivity index (χ2n) is 5.12. The fraction of sp³-hybridized carbons (Fsp3) is 0.533. The number of nitrogens with one attached hydrogen (secondary N) is 2. The molecular weight excluding hydrogens is 300 g/mol. The molecule has 0 radical (unpaired) electrons. The van der Waals surface area contributed by atoms with Gasteiger partial charge in [0.1, 0.15) is 11.0 Å². The molecule has 1 aromatic carbocycles. The number of benzene rings is 1. The Balaban J connectivity index is 1.65. The molecule has 1 heterocycles. The molecule has 0 aliphatic rings. The van der Waals surface area contributed by atoms with Gasteiger partial charge in [0.05, 0.1) is 11.7 Å². The predicted octanol–water partition coefficient (Wildman–Crippen LogP) is 4.34. The summed E-state index contributed by atoms with van der Waals surface area (Å²) in [5.74, 6) is 0. The number of unbranched alkanes of at least 4 members (excludes halogenated alkanes) is 5. The molecule has 114 valence electrons. The number of thiocarbonyl (C=S) groups is 1. The SMILES string of the molecule is CCCCCCCCNC(=S)Nc1ccc2nsnc2c1. The Morgan fingerprint density at radius 2 is 1.86 bits per heavy atom. The second-order valence-corrected chi connectivity index (χ2v) is 6.05. The highest BCUT2D eigenvalue weighted by Crippen LogP contribution is 2.16. The van der Waals surface area contributed by atoms with Crippen molar-refractivity contribution >= 4 is 45.8 Å². The Morgan fingerprint density at radius 3 is 2.71 bits per heavy atom. The van der Waals surface area contributed by atoms with Crippen molar-refractivity contribution < 1.29 is 0 Å². The van der Waals surface area contributed by atoms with E-state index in [1.54, 1.807) is 0 Å². The van der Waals surface area contributed by atoms with Crippen LogP contribution in [-0.2, 0) is 0 Å². The summed E-state index contributed by atoms with van der Waals surface area (Å²) >= 11 is 6.53. The molecule has 0 fully saturated rings. The lowest BCUT2D eigenvalue weighted by Gasteiger charge is -2.10. The van der Waals surface area contributed by atoms with E-state index < -0.39 is 0 Å². The van der Waals surface area contributed by atoms with E-state index in [1.165, 1.54) is 50.3 Å². The highest BCUT2D eigenvalue weighted by Gasteiger charge is 2.01. The molecule has 6 heteroatoms. The minimum Gasteiger partial charge on any atom is -0.362 e. The maximum atomic E-state index is 5.30. The van der Waals surface area contributed by atoms with E-state index >= 15 is 0 Å². The summed E-state index contributed by atoms with van der Waals surface area (Å²) in [5.41, 5.74) is 2.79. The summed E-state index contributed by atoms with van der Waals surface area (Å²) in [6.45, 7) is 3.17. The van der Waals surface area contributed by atoms with Gasteiger partial charge in [-0.25, -0.2) is 0 Å². The minimum atomic E-state index is 0.672. The number of fused-ring (bicyclic) bond motifs is 1. The third-order valence-corrected chi connectivity index (χ3v) is 4.13. The molecule has 0 atom stereocenters. The molecule has 0 saturated carbocycles. The third-order valence-electron chi connectivity index (χ3n) is 3.33. The monoisotopic (exact) mass is 322 g/mol. The number of anilines is 1. The molecule has 4 nitrogen and oxygen atoms in total. The number of hydrogen-bond donors (Lipinski definition) is 2. The fourth-order valence-corrected chi connectivity index (χ4v) is 2.88. The molecule has 0 saturated heterocycles. The van der Waals surface area contributed by atoms with Crippen molar-refractivity contribution in [1.82, 2.24) is 14.1 Å². The van der Waals surface area contributed by atoms with E-state index in [4.69, 9.17) is 12.2 Å². The van der Waals surface area contributed by atoms with Gasteiger partial charge in [0.2, 0.25) is 0 Å². The fourth-order valence-electron chi connectivity index (χ4n) is 2.14. The standard InChI is InChI=1S/C15H22N4S2/c1-2-3-4-5-6-7-10-16-15(20)17-12-8-9-13-14(11-12)19-21-18-13/h8-9,11H,2-7,10H2,1H3,(H2,16,17,20). The van der Waals surface area contributed by atoms with Crippen molar-refractivity contribution in [1.29, 1.82) is 0 Å². The summed E-state index contributed by atoms with van der Waals surface area (Å²) in [5, 5.41) is 7.12. The topological polar surface area (TPSA) is 49.8 Å². The molecule has 0 aliphatic carbocycles. The molecule has 0 bridgehead atoms. The molecular formula is C15H22N4S2. The number of rotatable bonds is 8. The van der Waals surface area contributed by atoms with Gasteiger partial charge in [-0.3, -0.25) is 0 Å². The van der Waals surface area contributed by atoms with Crippen molar-refractivity contribution in [3.8, 4) is 0 Å². The Bertz CT molecular complexity index is 568. The summed E-state index contributed by atoms with van der Waals surface area (Å²) in [6, 6.07) is 5.90. The van der Waals surface area contributed by atoms with Crippen LogP contribution in [0, 0.1) is 0 Å². The molecule has 0 spiro atoms. The summed E-state index contributed by atoms with van der Waals surface area (Å²) in [4.78, 5) is 0. The quantitative estimate of drug-likeness (QED) is 0.559. The largest absolute Gasteiger partial charge is 0.362 e. The molecule has 2 rings (SSSR count). The minimum absolute atomic E-state index is 0.672. The third kappa shape index (κ3) is 5.55. The van der Waals surface area contributed by atoms with Crippen molar-refractivity contribution in [3.63, 3.8) is 0 Å². The molecule has 1 aromatic heterocycles. The van der Waals surface area contributed by atoms with Crippen LogP contribution in [0.1, 0.15) is 45.4 Å². The Kier molecular flexibility index (Phi) is 6.82. The van der Waals surface area contributed by atoms with Gasteiger partial charge in [0.15, 0.2) is 5.11 Å². The average molecular weight is 323 g/mol. The lowest BCUT2D eigenvalue weighted by atomic mass is 10.1. The summed E-state index contributed by atoms with van der Waals surface area (Å²) in [6.07, 6.45) is 7.75. The van der Waals surface area contributed by atoms with Gasteiger partial charge in [0, 0.05) is 12.2 Å². The first kappa shape index (κ1) is 16.1. The van der Waals surface area contributed by atoms with Crippen LogP contribution in [0.4, 0.5) is 5.69 Å². The van der Waals surface area contributed by atoms with Crippen LogP contribution in [0.5, 0.6) is 0 Å². The Labute approximate surface area is 135 Å². The van der Waals surface area contributed by atoms with Gasteiger partial charge in [-0.15, -0.1) is 0 Å². The van der Waals surface area contributed by atoms with E-state index in [2.05, 4.69) is 26.3 Å². The highest BCUT2D eigenvalue weighted by atomic mass is 32.1. The van der Waals surface area contributed by atoms with Crippen LogP contribution in [0.15, 0.2) is 18.2 Å². The molecule has 0 amide bonds. The number of aromatic nitrogens is 2. The molecule has 2 N–H and O–H groups in total. The van der Waals surface area contributed by atoms with E-state index in [1.807, 2.05) is 18.2 Å². The van der Waals surface area contributed by atoms with Crippen LogP contribution in [0.2, 0.25) is 0 Å². The first-order valence-corrected chi connectivity index (χ1v) is 8.70. The lowest BCUT2D eigenvalue weighted by Crippen LogP contribution is -2.29. The Hall–Kier alpha value is -1.27. The Morgan fingerprint density at radius 1 is 1.10 bits per heavy atom. The zero-order valence-corrected chi connectivity index (χ0v) is 14.0. The molecule has 0 aliphatic heterocycles. The van der Waals surface area contributed by atoms with Gasteiger partial charge >= 0.3 is 0 Å². The zero-order valence-electron chi connectivity index (χ0n) is 12.4. The smallest absolute Gasteiger partial charge is 0.170 e. The van der Waals surface area contributed by atoms with E-state index in [0.717, 1.165) is 23.3 Å². The average Bonchev–Trinajstić information content (AvgIpc) is 2.94. The predicted molar refractivity (Wildman–Crippen MR) is 95.0 cm³/mol. The van der Waals surface area contributed by atoms with Crippen molar-refractivity contribution in [2.24, 2.45) is 0 Å². The molecule has 21 heavy (non-hydrogen) atoms. The van der Waals surface area contributed by atoms with Crippen LogP contribution in [-0.4, -0.2) is 20.4 Å². The van der Waals surface area contributed by atoms with Gasteiger partial charge in [-0.1, -0.05) is 39.0 Å². The van der Waals surface area contributed by atoms with Gasteiger partial charge in [-0.05, 0) is 36.8 Å². The number of hydrogen-bond acceptors (Lipinski definition) is 4. The van der Waals surface area contributed by atoms with E-state index in [9.17, 15) is 0 Å². The van der Waals surface area contributed by atoms with Crippen LogP contribution >= 0.6 is 23.9 Å². The molecule has 2 aromatic rings. The normalized spacial score (nSPS) is 10.7. The first-order chi connectivity index (χ1) is 10.3. The molecule has 0 unspecified atom stereocenters. The van der Waals surface area contributed by atoms with E-state index in [-0.39, 0.29) is 0 Å². The van der Waals surface area contributed by atoms with Crippen molar-refractivity contribution in [3.05, 3.63) is 18.2 Å². The van der Waals surface area contributed by atoms with Crippen molar-refractivity contribution in [2.75, 3.05) is 11.9 Å². The zero-order chi connectivity index (χ0) is 14.9. The van der Waals surface area contributed by atoms with Crippen LogP contribution in [0.25, 0.3) is 11.0 Å². The van der Waals surface area contributed by atoms with Crippen LogP contribution in [0.3, 0.4) is 0 Å². The maximum Gasteiger partial charge on any atom is 0.170 e. The highest BCUT2D eigenvalue weighted by molar-refractivity contribution is 7.80. The number of nitrogens with zero attached hydrogens (tertiary/aromatic N) is 2. The summed E-state index contributed by atoms with van der Waals surface area (Å²) in [7, 11) is 0. The van der Waals surface area contributed by atoms with Gasteiger partial charge in [-0.2, -0.15) is 8.75 Å². The lowest BCUT2D eigenvalue weighted by molar-refractivity contribution is 0.603. The van der Waals surface area contributed by atoms with Crippen LogP contribution < -0.4 is 10.6 Å². The van der Waals surface area contributed by atoms with E-state index in [0.29, 0.717) is 5.11 Å². The van der Waals surface area contributed by atoms with Gasteiger partial charge < -0.3 is 10.6 Å². The summed E-state index contributed by atoms with van der Waals surface area (Å²) < 4.78 is 8.41. The first-order valence-electron chi connectivity index (χ1n) is 7.57. The second kappa shape index (κ2) is 8.89. The maximum absolute atomic E-state index is 5.30. The van der Waals surface area contributed by atoms with Crippen molar-refractivity contribution in [2.45, 2.75) is 45.4 Å².